The highest BCUT2D eigenvalue weighted by Gasteiger charge is 2.16. The van der Waals surface area contributed by atoms with E-state index in [1.54, 1.807) is 13.3 Å². The Morgan fingerprint density at radius 1 is 1.35 bits per heavy atom. The predicted octanol–water partition coefficient (Wildman–Crippen LogP) is 1.86. The lowest BCUT2D eigenvalue weighted by molar-refractivity contribution is 0.0389. The smallest absolute Gasteiger partial charge is 0.341 e. The van der Waals surface area contributed by atoms with Crippen LogP contribution >= 0.6 is 0 Å². The molecule has 0 saturated heterocycles. The number of hydrogen-bond donors (Lipinski definition) is 1. The van der Waals surface area contributed by atoms with E-state index in [2.05, 4.69) is 15.3 Å². The summed E-state index contributed by atoms with van der Waals surface area (Å²) >= 11 is 0. The summed E-state index contributed by atoms with van der Waals surface area (Å²) in [5, 5.41) is 3.98. The van der Waals surface area contributed by atoms with E-state index in [9.17, 15) is 4.79 Å². The molecule has 0 fully saturated rings. The Morgan fingerprint density at radius 3 is 2.95 bits per heavy atom. The fourth-order valence-electron chi connectivity index (χ4n) is 1.85. The lowest BCUT2D eigenvalue weighted by Crippen LogP contribution is -2.13. The molecule has 0 aromatic carbocycles. The van der Waals surface area contributed by atoms with Gasteiger partial charge in [-0.05, 0) is 19.1 Å². The molecule has 0 unspecified atom stereocenters. The molecule has 6 nitrogen and oxygen atoms in total. The van der Waals surface area contributed by atoms with Gasteiger partial charge in [0.2, 0.25) is 0 Å². The van der Waals surface area contributed by atoms with Crippen LogP contribution in [-0.4, -0.2) is 42.8 Å². The maximum atomic E-state index is 12.1. The van der Waals surface area contributed by atoms with Crippen LogP contribution in [0.1, 0.15) is 17.3 Å². The van der Waals surface area contributed by atoms with Crippen LogP contribution in [0, 0.1) is 0 Å². The maximum Gasteiger partial charge on any atom is 0.341 e. The summed E-state index contributed by atoms with van der Waals surface area (Å²) in [5.74, 6) is -0.420. The first-order valence-corrected chi connectivity index (χ1v) is 6.41. The molecular weight excluding hydrogens is 258 g/mol. The van der Waals surface area contributed by atoms with Gasteiger partial charge in [0.1, 0.15) is 12.2 Å². The van der Waals surface area contributed by atoms with E-state index in [1.165, 1.54) is 6.20 Å². The Hall–Kier alpha value is -2.21. The molecular formula is C14H17N3O3. The number of rotatable bonds is 6. The molecule has 0 aliphatic carbocycles. The maximum absolute atomic E-state index is 12.1. The van der Waals surface area contributed by atoms with E-state index in [0.29, 0.717) is 30.0 Å². The number of ether oxygens (including phenoxy) is 2. The summed E-state index contributed by atoms with van der Waals surface area (Å²) in [6.45, 7) is 3.23. The highest BCUT2D eigenvalue weighted by atomic mass is 16.6. The number of carbonyl (C=O) groups excluding carboxylic acids is 1. The molecule has 1 N–H and O–H groups in total. The molecule has 0 bridgehead atoms. The number of pyridine rings is 2. The van der Waals surface area contributed by atoms with E-state index in [4.69, 9.17) is 9.47 Å². The fourth-order valence-corrected chi connectivity index (χ4v) is 1.85. The minimum Gasteiger partial charge on any atom is -0.460 e. The Balaban J connectivity index is 2.36. The lowest BCUT2D eigenvalue weighted by atomic mass is 10.1. The van der Waals surface area contributed by atoms with E-state index in [1.807, 2.05) is 19.1 Å². The van der Waals surface area contributed by atoms with Crippen molar-refractivity contribution in [3.8, 4) is 0 Å². The molecule has 2 rings (SSSR count). The number of nitrogens with zero attached hydrogens (tertiary/aromatic N) is 2. The number of anilines is 1. The molecule has 6 heteroatoms. The second-order valence-electron chi connectivity index (χ2n) is 4.08. The van der Waals surface area contributed by atoms with Crippen LogP contribution in [0.25, 0.3) is 11.0 Å². The Morgan fingerprint density at radius 2 is 2.20 bits per heavy atom. The third kappa shape index (κ3) is 3.03. The van der Waals surface area contributed by atoms with Crippen LogP contribution in [0.15, 0.2) is 24.5 Å². The first-order valence-electron chi connectivity index (χ1n) is 6.41. The molecule has 20 heavy (non-hydrogen) atoms. The molecule has 0 aliphatic rings. The van der Waals surface area contributed by atoms with Gasteiger partial charge in [-0.25, -0.2) is 14.8 Å². The summed E-state index contributed by atoms with van der Waals surface area (Å²) in [5.41, 5.74) is 1.70. The predicted molar refractivity (Wildman–Crippen MR) is 75.9 cm³/mol. The van der Waals surface area contributed by atoms with Crippen LogP contribution in [0.2, 0.25) is 0 Å². The largest absolute Gasteiger partial charge is 0.460 e. The van der Waals surface area contributed by atoms with Gasteiger partial charge < -0.3 is 14.8 Å². The van der Waals surface area contributed by atoms with Crippen molar-refractivity contribution in [1.82, 2.24) is 9.97 Å². The molecule has 0 amide bonds. The Bertz CT molecular complexity index is 601. The minimum absolute atomic E-state index is 0.214. The number of carbonyl (C=O) groups is 1. The van der Waals surface area contributed by atoms with Gasteiger partial charge in [-0.2, -0.15) is 0 Å². The van der Waals surface area contributed by atoms with Gasteiger partial charge in [0.25, 0.3) is 0 Å². The highest BCUT2D eigenvalue weighted by molar-refractivity contribution is 6.04. The second kappa shape index (κ2) is 6.81. The zero-order valence-electron chi connectivity index (χ0n) is 11.5. The van der Waals surface area contributed by atoms with Crippen molar-refractivity contribution in [2.45, 2.75) is 6.92 Å². The summed E-state index contributed by atoms with van der Waals surface area (Å²) in [7, 11) is 1.56. The zero-order valence-corrected chi connectivity index (χ0v) is 11.5. The van der Waals surface area contributed by atoms with Crippen LogP contribution in [0.3, 0.4) is 0 Å². The second-order valence-corrected chi connectivity index (χ2v) is 4.08. The van der Waals surface area contributed by atoms with Gasteiger partial charge in [0.15, 0.2) is 5.65 Å². The lowest BCUT2D eigenvalue weighted by Gasteiger charge is -2.12. The number of fused-ring (bicyclic) bond motifs is 1. The first kappa shape index (κ1) is 14.2. The van der Waals surface area contributed by atoms with Gasteiger partial charge in [-0.15, -0.1) is 0 Å². The van der Waals surface area contributed by atoms with E-state index < -0.39 is 5.97 Å². The molecule has 2 aromatic heterocycles. The molecule has 0 spiro atoms. The van der Waals surface area contributed by atoms with Crippen molar-refractivity contribution >= 4 is 22.7 Å². The molecule has 2 aromatic rings. The summed E-state index contributed by atoms with van der Waals surface area (Å²) < 4.78 is 10.00. The van der Waals surface area contributed by atoms with Gasteiger partial charge in [0, 0.05) is 31.4 Å². The molecule has 2 heterocycles. The van der Waals surface area contributed by atoms with Crippen molar-refractivity contribution in [1.29, 1.82) is 0 Å². The SMILES string of the molecule is CCNc1c(C(=O)OCCOC)cnc2ncccc12. The van der Waals surface area contributed by atoms with Gasteiger partial charge in [-0.3, -0.25) is 0 Å². The van der Waals surface area contributed by atoms with E-state index in [0.717, 1.165) is 5.39 Å². The molecule has 0 saturated carbocycles. The topological polar surface area (TPSA) is 73.3 Å². The molecule has 0 atom stereocenters. The summed E-state index contributed by atoms with van der Waals surface area (Å²) in [6.07, 6.45) is 3.16. The molecule has 0 radical (unpaired) electrons. The zero-order chi connectivity index (χ0) is 14.4. The fraction of sp³-hybridized carbons (Fsp3) is 0.357. The number of nitrogens with one attached hydrogen (secondary N) is 1. The summed E-state index contributed by atoms with van der Waals surface area (Å²) in [6, 6.07) is 3.68. The van der Waals surface area contributed by atoms with Crippen molar-refractivity contribution in [3.05, 3.63) is 30.1 Å². The standard InChI is InChI=1S/C14H17N3O3/c1-3-15-12-10-5-4-6-16-13(10)17-9-11(12)14(18)20-8-7-19-2/h4-6,9H,3,7-8H2,1-2H3,(H,15,16,17). The Kier molecular flexibility index (Phi) is 4.84. The highest BCUT2D eigenvalue weighted by Crippen LogP contribution is 2.25. The van der Waals surface area contributed by atoms with E-state index in [-0.39, 0.29) is 6.61 Å². The number of hydrogen-bond acceptors (Lipinski definition) is 6. The van der Waals surface area contributed by atoms with Gasteiger partial charge >= 0.3 is 5.97 Å². The van der Waals surface area contributed by atoms with Crippen LogP contribution in [0.5, 0.6) is 0 Å². The van der Waals surface area contributed by atoms with E-state index >= 15 is 0 Å². The van der Waals surface area contributed by atoms with Crippen molar-refractivity contribution < 1.29 is 14.3 Å². The number of esters is 1. The van der Waals surface area contributed by atoms with Gasteiger partial charge in [0.05, 0.1) is 12.3 Å². The van der Waals surface area contributed by atoms with Crippen LogP contribution < -0.4 is 5.32 Å². The van der Waals surface area contributed by atoms with Crippen molar-refractivity contribution in [2.24, 2.45) is 0 Å². The monoisotopic (exact) mass is 275 g/mol. The normalized spacial score (nSPS) is 10.5. The molecule has 0 aliphatic heterocycles. The first-order chi connectivity index (χ1) is 9.77. The third-order valence-corrected chi connectivity index (χ3v) is 2.74. The number of methoxy groups -OCH3 is 1. The Labute approximate surface area is 117 Å². The van der Waals surface area contributed by atoms with Gasteiger partial charge in [-0.1, -0.05) is 0 Å². The average Bonchev–Trinajstić information content (AvgIpc) is 2.48. The van der Waals surface area contributed by atoms with Crippen molar-refractivity contribution in [2.75, 3.05) is 32.2 Å². The third-order valence-electron chi connectivity index (χ3n) is 2.74. The van der Waals surface area contributed by atoms with Crippen molar-refractivity contribution in [3.63, 3.8) is 0 Å². The number of aromatic nitrogens is 2. The average molecular weight is 275 g/mol. The van der Waals surface area contributed by atoms with Crippen LogP contribution in [0.4, 0.5) is 5.69 Å². The molecule has 106 valence electrons. The van der Waals surface area contributed by atoms with Crippen LogP contribution in [-0.2, 0) is 9.47 Å². The quantitative estimate of drug-likeness (QED) is 0.641. The minimum atomic E-state index is -0.420. The summed E-state index contributed by atoms with van der Waals surface area (Å²) in [4.78, 5) is 20.4.